The Morgan fingerprint density at radius 2 is 1.92 bits per heavy atom. The van der Waals surface area contributed by atoms with Gasteiger partial charge in [-0.25, -0.2) is 14.4 Å². The molecule has 0 unspecified atom stereocenters. The van der Waals surface area contributed by atoms with Crippen LogP contribution in [0.1, 0.15) is 11.4 Å². The predicted octanol–water partition coefficient (Wildman–Crippen LogP) is 3.77. The maximum atomic E-state index is 12.9. The lowest BCUT2D eigenvalue weighted by Crippen LogP contribution is -2.14. The lowest BCUT2D eigenvalue weighted by molar-refractivity contribution is -0.115. The second-order valence-electron chi connectivity index (χ2n) is 5.42. The lowest BCUT2D eigenvalue weighted by Gasteiger charge is -2.08. The molecule has 0 aliphatic rings. The minimum atomic E-state index is -0.313. The summed E-state index contributed by atoms with van der Waals surface area (Å²) < 4.78 is 12.9. The third-order valence-corrected chi connectivity index (χ3v) is 3.50. The molecule has 120 valence electrons. The van der Waals surface area contributed by atoms with Gasteiger partial charge in [-0.1, -0.05) is 24.3 Å². The van der Waals surface area contributed by atoms with Crippen molar-refractivity contribution in [3.8, 4) is 11.3 Å². The van der Waals surface area contributed by atoms with Gasteiger partial charge in [-0.05, 0) is 42.8 Å². The lowest BCUT2D eigenvalue weighted by atomic mass is 10.1. The number of nitrogens with one attached hydrogen (secondary N) is 1. The van der Waals surface area contributed by atoms with E-state index in [1.165, 1.54) is 12.1 Å². The van der Waals surface area contributed by atoms with Gasteiger partial charge in [-0.3, -0.25) is 4.79 Å². The monoisotopic (exact) mass is 321 g/mol. The highest BCUT2D eigenvalue weighted by atomic mass is 19.1. The molecule has 0 fully saturated rings. The van der Waals surface area contributed by atoms with Crippen molar-refractivity contribution in [3.05, 3.63) is 78.0 Å². The third-order valence-electron chi connectivity index (χ3n) is 3.50. The van der Waals surface area contributed by atoms with Gasteiger partial charge in [-0.2, -0.15) is 0 Å². The first-order valence-electron chi connectivity index (χ1n) is 7.54. The average Bonchev–Trinajstić information content (AvgIpc) is 2.57. The maximum Gasteiger partial charge on any atom is 0.228 e. The molecule has 24 heavy (non-hydrogen) atoms. The maximum absolute atomic E-state index is 12.9. The molecule has 1 aromatic heterocycles. The summed E-state index contributed by atoms with van der Waals surface area (Å²) in [6.45, 7) is 1.83. The molecule has 0 bridgehead atoms. The first-order chi connectivity index (χ1) is 11.6. The summed E-state index contributed by atoms with van der Waals surface area (Å²) in [6.07, 6.45) is 1.90. The molecule has 5 heteroatoms. The Kier molecular flexibility index (Phi) is 4.61. The highest BCUT2D eigenvalue weighted by molar-refractivity contribution is 5.92. The summed E-state index contributed by atoms with van der Waals surface area (Å²) in [6, 6.07) is 15.2. The number of hydrogen-bond acceptors (Lipinski definition) is 3. The zero-order valence-corrected chi connectivity index (χ0v) is 13.2. The molecule has 3 rings (SSSR count). The van der Waals surface area contributed by atoms with Crippen LogP contribution in [-0.2, 0) is 11.2 Å². The molecule has 0 radical (unpaired) electrons. The normalized spacial score (nSPS) is 10.4. The highest BCUT2D eigenvalue weighted by Gasteiger charge is 2.06. The number of nitrogens with zero attached hydrogens (tertiary/aromatic N) is 2. The number of carbonyl (C=O) groups excluding carboxylic acids is 1. The van der Waals surface area contributed by atoms with Crippen LogP contribution in [0.3, 0.4) is 0 Å². The van der Waals surface area contributed by atoms with Crippen molar-refractivity contribution in [1.82, 2.24) is 9.97 Å². The zero-order valence-electron chi connectivity index (χ0n) is 13.2. The topological polar surface area (TPSA) is 54.9 Å². The first-order valence-corrected chi connectivity index (χ1v) is 7.54. The van der Waals surface area contributed by atoms with Crippen LogP contribution in [0.4, 0.5) is 10.1 Å². The van der Waals surface area contributed by atoms with E-state index in [9.17, 15) is 9.18 Å². The van der Waals surface area contributed by atoms with E-state index in [1.54, 1.807) is 18.3 Å². The van der Waals surface area contributed by atoms with Gasteiger partial charge in [0.25, 0.3) is 0 Å². The molecule has 0 aliphatic heterocycles. The summed E-state index contributed by atoms with van der Waals surface area (Å²) >= 11 is 0. The average molecular weight is 321 g/mol. The van der Waals surface area contributed by atoms with Crippen LogP contribution < -0.4 is 5.32 Å². The van der Waals surface area contributed by atoms with Crippen molar-refractivity contribution < 1.29 is 9.18 Å². The van der Waals surface area contributed by atoms with Crippen molar-refractivity contribution in [3.63, 3.8) is 0 Å². The van der Waals surface area contributed by atoms with Gasteiger partial charge in [0.2, 0.25) is 5.91 Å². The molecular weight excluding hydrogens is 305 g/mol. The second kappa shape index (κ2) is 7.00. The van der Waals surface area contributed by atoms with Gasteiger partial charge in [0.1, 0.15) is 11.6 Å². The third kappa shape index (κ3) is 4.01. The Balaban J connectivity index is 1.72. The number of halogens is 1. The summed E-state index contributed by atoms with van der Waals surface area (Å²) in [4.78, 5) is 20.6. The number of anilines is 1. The standard InChI is InChI=1S/C19H16FN3O/c1-13-21-10-9-18(22-13)15-3-2-4-17(12-15)23-19(24)11-14-5-7-16(20)8-6-14/h2-10,12H,11H2,1H3,(H,23,24). The van der Waals surface area contributed by atoms with E-state index in [1.807, 2.05) is 37.3 Å². The van der Waals surface area contributed by atoms with E-state index < -0.39 is 0 Å². The molecule has 1 N–H and O–H groups in total. The van der Waals surface area contributed by atoms with Crippen LogP contribution in [0.15, 0.2) is 60.8 Å². The van der Waals surface area contributed by atoms with Gasteiger partial charge in [-0.15, -0.1) is 0 Å². The van der Waals surface area contributed by atoms with E-state index in [2.05, 4.69) is 15.3 Å². The molecule has 1 amide bonds. The Morgan fingerprint density at radius 3 is 2.67 bits per heavy atom. The van der Waals surface area contributed by atoms with Crippen LogP contribution in [0.2, 0.25) is 0 Å². The summed E-state index contributed by atoms with van der Waals surface area (Å²) in [5.74, 6) is 0.225. The quantitative estimate of drug-likeness (QED) is 0.796. The van der Waals surface area contributed by atoms with Crippen molar-refractivity contribution in [1.29, 1.82) is 0 Å². The van der Waals surface area contributed by atoms with E-state index in [0.29, 0.717) is 11.5 Å². The fraction of sp³-hybridized carbons (Fsp3) is 0.105. The van der Waals surface area contributed by atoms with E-state index in [0.717, 1.165) is 16.8 Å². The summed E-state index contributed by atoms with van der Waals surface area (Å²) in [5.41, 5.74) is 3.16. The van der Waals surface area contributed by atoms with Crippen molar-refractivity contribution >= 4 is 11.6 Å². The summed E-state index contributed by atoms with van der Waals surface area (Å²) in [5, 5.41) is 2.85. The second-order valence-corrected chi connectivity index (χ2v) is 5.42. The molecule has 0 saturated carbocycles. The number of aromatic nitrogens is 2. The Morgan fingerprint density at radius 1 is 1.12 bits per heavy atom. The molecule has 4 nitrogen and oxygen atoms in total. The Labute approximate surface area is 139 Å². The van der Waals surface area contributed by atoms with Gasteiger partial charge in [0, 0.05) is 17.4 Å². The van der Waals surface area contributed by atoms with E-state index in [4.69, 9.17) is 0 Å². The fourth-order valence-corrected chi connectivity index (χ4v) is 2.37. The molecule has 1 heterocycles. The van der Waals surface area contributed by atoms with E-state index in [-0.39, 0.29) is 18.1 Å². The summed E-state index contributed by atoms with van der Waals surface area (Å²) in [7, 11) is 0. The number of amides is 1. The van der Waals surface area contributed by atoms with Gasteiger partial charge >= 0.3 is 0 Å². The molecule has 3 aromatic rings. The number of carbonyl (C=O) groups is 1. The highest BCUT2D eigenvalue weighted by Crippen LogP contribution is 2.20. The minimum absolute atomic E-state index is 0.155. The van der Waals surface area contributed by atoms with Crippen LogP contribution in [0.5, 0.6) is 0 Å². The first kappa shape index (κ1) is 15.8. The van der Waals surface area contributed by atoms with E-state index >= 15 is 0 Å². The largest absolute Gasteiger partial charge is 0.326 e. The van der Waals surface area contributed by atoms with Crippen LogP contribution >= 0.6 is 0 Å². The molecule has 0 atom stereocenters. The molecule has 0 spiro atoms. The van der Waals surface area contributed by atoms with Crippen LogP contribution in [0, 0.1) is 12.7 Å². The van der Waals surface area contributed by atoms with Crippen molar-refractivity contribution in [2.24, 2.45) is 0 Å². The number of aryl methyl sites for hydroxylation is 1. The van der Waals surface area contributed by atoms with Crippen molar-refractivity contribution in [2.45, 2.75) is 13.3 Å². The Hall–Kier alpha value is -3.08. The SMILES string of the molecule is Cc1nccc(-c2cccc(NC(=O)Cc3ccc(F)cc3)c2)n1. The molecular formula is C19H16FN3O. The molecule has 2 aromatic carbocycles. The number of benzene rings is 2. The van der Waals surface area contributed by atoms with Crippen LogP contribution in [0.25, 0.3) is 11.3 Å². The Bertz CT molecular complexity index is 862. The van der Waals surface area contributed by atoms with Gasteiger partial charge < -0.3 is 5.32 Å². The van der Waals surface area contributed by atoms with Crippen molar-refractivity contribution in [2.75, 3.05) is 5.32 Å². The number of hydrogen-bond donors (Lipinski definition) is 1. The number of rotatable bonds is 4. The smallest absolute Gasteiger partial charge is 0.228 e. The van der Waals surface area contributed by atoms with Crippen LogP contribution in [-0.4, -0.2) is 15.9 Å². The zero-order chi connectivity index (χ0) is 16.9. The fourth-order valence-electron chi connectivity index (χ4n) is 2.37. The van der Waals surface area contributed by atoms with Gasteiger partial charge in [0.05, 0.1) is 12.1 Å². The molecule has 0 aliphatic carbocycles. The van der Waals surface area contributed by atoms with Gasteiger partial charge in [0.15, 0.2) is 0 Å². The molecule has 0 saturated heterocycles. The predicted molar refractivity (Wildman–Crippen MR) is 90.9 cm³/mol. The minimum Gasteiger partial charge on any atom is -0.326 e.